The standard InChI is InChI=1S/C17H22N4O2/c1-3-23-11-15-17-14(19-12-20(17)2)7-9-21(15)16(22)10-13-6-4-5-8-18-13/h4-6,8,12,15H,3,7,9-11H2,1-2H3. The zero-order valence-electron chi connectivity index (χ0n) is 13.6. The lowest BCUT2D eigenvalue weighted by atomic mass is 10.0. The molecule has 3 rings (SSSR count). The van der Waals surface area contributed by atoms with Gasteiger partial charge in [-0.25, -0.2) is 4.98 Å². The third kappa shape index (κ3) is 3.27. The van der Waals surface area contributed by atoms with Crippen molar-refractivity contribution in [2.75, 3.05) is 19.8 Å². The number of fused-ring (bicyclic) bond motifs is 1. The van der Waals surface area contributed by atoms with Gasteiger partial charge in [-0.2, -0.15) is 0 Å². The summed E-state index contributed by atoms with van der Waals surface area (Å²) in [5.74, 6) is 0.0836. The van der Waals surface area contributed by atoms with Gasteiger partial charge in [-0.05, 0) is 19.1 Å². The summed E-state index contributed by atoms with van der Waals surface area (Å²) in [5, 5.41) is 0. The Kier molecular flexibility index (Phi) is 4.71. The number of carbonyl (C=O) groups is 1. The zero-order chi connectivity index (χ0) is 16.2. The maximum atomic E-state index is 12.8. The van der Waals surface area contributed by atoms with Gasteiger partial charge in [0.25, 0.3) is 0 Å². The van der Waals surface area contributed by atoms with Gasteiger partial charge in [0.05, 0.1) is 36.8 Å². The Hall–Kier alpha value is -2.21. The number of hydrogen-bond donors (Lipinski definition) is 0. The molecular weight excluding hydrogens is 292 g/mol. The lowest BCUT2D eigenvalue weighted by Gasteiger charge is -2.36. The molecule has 0 N–H and O–H groups in total. The molecule has 0 aliphatic carbocycles. The van der Waals surface area contributed by atoms with E-state index < -0.39 is 0 Å². The van der Waals surface area contributed by atoms with Crippen LogP contribution in [0.5, 0.6) is 0 Å². The molecule has 1 atom stereocenters. The SMILES string of the molecule is CCOCC1c2c(ncn2C)CCN1C(=O)Cc1ccccn1. The first-order valence-corrected chi connectivity index (χ1v) is 7.98. The number of amides is 1. The Morgan fingerprint density at radius 1 is 1.39 bits per heavy atom. The Bertz CT molecular complexity index is 668. The van der Waals surface area contributed by atoms with Crippen LogP contribution in [0, 0.1) is 0 Å². The van der Waals surface area contributed by atoms with E-state index >= 15 is 0 Å². The van der Waals surface area contributed by atoms with Gasteiger partial charge in [0, 0.05) is 38.5 Å². The summed E-state index contributed by atoms with van der Waals surface area (Å²) in [5.41, 5.74) is 2.95. The second-order valence-electron chi connectivity index (χ2n) is 5.70. The topological polar surface area (TPSA) is 60.2 Å². The molecule has 0 radical (unpaired) electrons. The molecule has 1 aliphatic rings. The average molecular weight is 314 g/mol. The van der Waals surface area contributed by atoms with Crippen molar-refractivity contribution in [3.8, 4) is 0 Å². The first-order chi connectivity index (χ1) is 11.2. The van der Waals surface area contributed by atoms with Gasteiger partial charge >= 0.3 is 0 Å². The van der Waals surface area contributed by atoms with Gasteiger partial charge in [0.15, 0.2) is 0 Å². The molecule has 1 aliphatic heterocycles. The number of aromatic nitrogens is 3. The maximum absolute atomic E-state index is 12.8. The van der Waals surface area contributed by atoms with E-state index in [2.05, 4.69) is 9.97 Å². The number of hydrogen-bond acceptors (Lipinski definition) is 4. The number of ether oxygens (including phenoxy) is 1. The van der Waals surface area contributed by atoms with Crippen LogP contribution < -0.4 is 0 Å². The average Bonchev–Trinajstić information content (AvgIpc) is 2.95. The van der Waals surface area contributed by atoms with Crippen molar-refractivity contribution >= 4 is 5.91 Å². The summed E-state index contributed by atoms with van der Waals surface area (Å²) in [4.78, 5) is 23.4. The molecule has 1 unspecified atom stereocenters. The van der Waals surface area contributed by atoms with Crippen LogP contribution in [0.25, 0.3) is 0 Å². The van der Waals surface area contributed by atoms with Gasteiger partial charge in [-0.15, -0.1) is 0 Å². The van der Waals surface area contributed by atoms with E-state index in [0.717, 1.165) is 23.5 Å². The van der Waals surface area contributed by atoms with Crippen LogP contribution in [-0.4, -0.2) is 45.1 Å². The summed E-state index contributed by atoms with van der Waals surface area (Å²) < 4.78 is 7.63. The molecule has 0 saturated heterocycles. The molecule has 1 amide bonds. The molecule has 0 bridgehead atoms. The van der Waals surface area contributed by atoms with E-state index in [1.54, 1.807) is 6.20 Å². The second kappa shape index (κ2) is 6.91. The predicted molar refractivity (Wildman–Crippen MR) is 85.8 cm³/mol. The smallest absolute Gasteiger partial charge is 0.229 e. The second-order valence-corrected chi connectivity index (χ2v) is 5.70. The molecule has 6 nitrogen and oxygen atoms in total. The van der Waals surface area contributed by atoms with Crippen LogP contribution in [-0.2, 0) is 29.4 Å². The van der Waals surface area contributed by atoms with E-state index in [1.165, 1.54) is 0 Å². The Morgan fingerprint density at radius 3 is 3.00 bits per heavy atom. The van der Waals surface area contributed by atoms with E-state index in [-0.39, 0.29) is 11.9 Å². The fourth-order valence-electron chi connectivity index (χ4n) is 3.09. The van der Waals surface area contributed by atoms with Crippen molar-refractivity contribution in [1.82, 2.24) is 19.4 Å². The highest BCUT2D eigenvalue weighted by atomic mass is 16.5. The minimum Gasteiger partial charge on any atom is -0.379 e. The molecule has 2 aromatic rings. The summed E-state index contributed by atoms with van der Waals surface area (Å²) >= 11 is 0. The minimum atomic E-state index is -0.0811. The molecule has 0 spiro atoms. The first-order valence-electron chi connectivity index (χ1n) is 7.98. The van der Waals surface area contributed by atoms with Crippen LogP contribution in [0.4, 0.5) is 0 Å². The van der Waals surface area contributed by atoms with Crippen molar-refractivity contribution < 1.29 is 9.53 Å². The van der Waals surface area contributed by atoms with Crippen LogP contribution in [0.2, 0.25) is 0 Å². The Morgan fingerprint density at radius 2 is 2.26 bits per heavy atom. The highest BCUT2D eigenvalue weighted by Gasteiger charge is 2.33. The molecular formula is C17H22N4O2. The van der Waals surface area contributed by atoms with Crippen LogP contribution in [0.15, 0.2) is 30.7 Å². The minimum absolute atomic E-state index is 0.0811. The predicted octanol–water partition coefficient (Wildman–Crippen LogP) is 1.52. The number of aryl methyl sites for hydroxylation is 1. The molecule has 0 aromatic carbocycles. The van der Waals surface area contributed by atoms with Crippen LogP contribution in [0.3, 0.4) is 0 Å². The Labute approximate surface area is 136 Å². The maximum Gasteiger partial charge on any atom is 0.229 e. The van der Waals surface area contributed by atoms with Crippen LogP contribution >= 0.6 is 0 Å². The number of pyridine rings is 1. The van der Waals surface area contributed by atoms with Crippen molar-refractivity contribution in [2.45, 2.75) is 25.8 Å². The molecule has 0 fully saturated rings. The summed E-state index contributed by atoms with van der Waals surface area (Å²) in [7, 11) is 1.97. The number of rotatable bonds is 5. The van der Waals surface area contributed by atoms with E-state index in [4.69, 9.17) is 4.74 Å². The molecule has 2 aromatic heterocycles. The van der Waals surface area contributed by atoms with E-state index in [1.807, 2.05) is 48.0 Å². The van der Waals surface area contributed by atoms with Crippen LogP contribution in [0.1, 0.15) is 30.0 Å². The number of nitrogens with zero attached hydrogens (tertiary/aromatic N) is 4. The lowest BCUT2D eigenvalue weighted by Crippen LogP contribution is -2.43. The Balaban J connectivity index is 1.82. The fourth-order valence-corrected chi connectivity index (χ4v) is 3.09. The van der Waals surface area contributed by atoms with Crippen molar-refractivity contribution in [1.29, 1.82) is 0 Å². The van der Waals surface area contributed by atoms with Gasteiger partial charge in [0.1, 0.15) is 0 Å². The lowest BCUT2D eigenvalue weighted by molar-refractivity contribution is -0.135. The van der Waals surface area contributed by atoms with Gasteiger partial charge < -0.3 is 14.2 Å². The summed E-state index contributed by atoms with van der Waals surface area (Å²) in [6.45, 7) is 3.77. The third-order valence-corrected chi connectivity index (χ3v) is 4.20. The van der Waals surface area contributed by atoms with Crippen molar-refractivity contribution in [2.24, 2.45) is 7.05 Å². The molecule has 3 heterocycles. The van der Waals surface area contributed by atoms with E-state index in [9.17, 15) is 4.79 Å². The first kappa shape index (κ1) is 15.7. The highest BCUT2D eigenvalue weighted by molar-refractivity contribution is 5.79. The van der Waals surface area contributed by atoms with Crippen molar-refractivity contribution in [3.63, 3.8) is 0 Å². The van der Waals surface area contributed by atoms with Gasteiger partial charge in [-0.1, -0.05) is 6.07 Å². The van der Waals surface area contributed by atoms with Gasteiger partial charge in [0.2, 0.25) is 5.91 Å². The number of imidazole rings is 1. The monoisotopic (exact) mass is 314 g/mol. The molecule has 122 valence electrons. The molecule has 6 heteroatoms. The van der Waals surface area contributed by atoms with Gasteiger partial charge in [-0.3, -0.25) is 9.78 Å². The highest BCUT2D eigenvalue weighted by Crippen LogP contribution is 2.29. The normalized spacial score (nSPS) is 17.1. The third-order valence-electron chi connectivity index (χ3n) is 4.20. The summed E-state index contributed by atoms with van der Waals surface area (Å²) in [6, 6.07) is 5.56. The quantitative estimate of drug-likeness (QED) is 0.839. The molecule has 23 heavy (non-hydrogen) atoms. The zero-order valence-corrected chi connectivity index (χ0v) is 13.6. The van der Waals surface area contributed by atoms with E-state index in [0.29, 0.717) is 26.2 Å². The summed E-state index contributed by atoms with van der Waals surface area (Å²) in [6.07, 6.45) is 4.63. The van der Waals surface area contributed by atoms with Crippen molar-refractivity contribution in [3.05, 3.63) is 47.8 Å². The molecule has 0 saturated carbocycles. The largest absolute Gasteiger partial charge is 0.379 e. The fraction of sp³-hybridized carbons (Fsp3) is 0.471. The number of carbonyl (C=O) groups excluding carboxylic acids is 1.